The van der Waals surface area contributed by atoms with Gasteiger partial charge in [-0.1, -0.05) is 83.5 Å². The first-order valence-electron chi connectivity index (χ1n) is 9.12. The van der Waals surface area contributed by atoms with Crippen molar-refractivity contribution in [1.82, 2.24) is 14.8 Å². The summed E-state index contributed by atoms with van der Waals surface area (Å²) in [7, 11) is 0. The standard InChI is InChI=1S/C23H18ClN3OS/c1-16-11-13-18(14-12-16)27-22(17-7-3-2-4-8-17)25-26-23(27)29-15-21(28)19-9-5-6-10-20(19)24/h2-14H,15H2,1H3. The molecule has 0 fully saturated rings. The molecule has 0 aliphatic carbocycles. The van der Waals surface area contributed by atoms with Crippen LogP contribution in [0, 0.1) is 6.92 Å². The van der Waals surface area contributed by atoms with Crippen LogP contribution in [0.3, 0.4) is 0 Å². The molecule has 29 heavy (non-hydrogen) atoms. The van der Waals surface area contributed by atoms with Crippen LogP contribution in [0.4, 0.5) is 0 Å². The van der Waals surface area contributed by atoms with Crippen LogP contribution in [0.15, 0.2) is 84.0 Å². The average molecular weight is 420 g/mol. The van der Waals surface area contributed by atoms with E-state index in [4.69, 9.17) is 11.6 Å². The van der Waals surface area contributed by atoms with Gasteiger partial charge in [0.15, 0.2) is 16.8 Å². The second kappa shape index (κ2) is 8.64. The van der Waals surface area contributed by atoms with Gasteiger partial charge in [-0.2, -0.15) is 0 Å². The number of hydrogen-bond acceptors (Lipinski definition) is 4. The number of carbonyl (C=O) groups is 1. The van der Waals surface area contributed by atoms with Gasteiger partial charge in [0.1, 0.15) is 0 Å². The lowest BCUT2D eigenvalue weighted by Crippen LogP contribution is -2.05. The zero-order valence-corrected chi connectivity index (χ0v) is 17.3. The fraction of sp³-hybridized carbons (Fsp3) is 0.0870. The molecule has 0 unspecified atom stereocenters. The maximum Gasteiger partial charge on any atom is 0.196 e. The van der Waals surface area contributed by atoms with Crippen molar-refractivity contribution in [2.24, 2.45) is 0 Å². The van der Waals surface area contributed by atoms with Crippen molar-refractivity contribution in [1.29, 1.82) is 0 Å². The van der Waals surface area contributed by atoms with Gasteiger partial charge in [0.2, 0.25) is 0 Å². The lowest BCUT2D eigenvalue weighted by molar-refractivity contribution is 0.102. The maximum atomic E-state index is 12.6. The van der Waals surface area contributed by atoms with Crippen molar-refractivity contribution >= 4 is 29.1 Å². The number of ketones is 1. The molecule has 4 aromatic rings. The smallest absolute Gasteiger partial charge is 0.196 e. The summed E-state index contributed by atoms with van der Waals surface area (Å²) in [6, 6.07) is 25.2. The fourth-order valence-electron chi connectivity index (χ4n) is 2.96. The highest BCUT2D eigenvalue weighted by Crippen LogP contribution is 2.29. The SMILES string of the molecule is Cc1ccc(-n2c(SCC(=O)c3ccccc3Cl)nnc2-c2ccccc2)cc1. The highest BCUT2D eigenvalue weighted by molar-refractivity contribution is 7.99. The van der Waals surface area contributed by atoms with E-state index in [0.29, 0.717) is 15.7 Å². The van der Waals surface area contributed by atoms with E-state index in [9.17, 15) is 4.79 Å². The van der Waals surface area contributed by atoms with Gasteiger partial charge in [0.25, 0.3) is 0 Å². The first-order valence-corrected chi connectivity index (χ1v) is 10.5. The second-order valence-corrected chi connectivity index (χ2v) is 7.88. The average Bonchev–Trinajstić information content (AvgIpc) is 3.17. The largest absolute Gasteiger partial charge is 0.293 e. The van der Waals surface area contributed by atoms with E-state index in [-0.39, 0.29) is 11.5 Å². The van der Waals surface area contributed by atoms with E-state index >= 15 is 0 Å². The number of carbonyl (C=O) groups excluding carboxylic acids is 1. The lowest BCUT2D eigenvalue weighted by Gasteiger charge is -2.11. The van der Waals surface area contributed by atoms with Crippen LogP contribution in [0.2, 0.25) is 5.02 Å². The van der Waals surface area contributed by atoms with Gasteiger partial charge < -0.3 is 0 Å². The molecule has 0 radical (unpaired) electrons. The number of rotatable bonds is 6. The molecule has 1 aromatic heterocycles. The van der Waals surface area contributed by atoms with Crippen LogP contribution in [0.1, 0.15) is 15.9 Å². The zero-order valence-electron chi connectivity index (χ0n) is 15.7. The lowest BCUT2D eigenvalue weighted by atomic mass is 10.1. The Morgan fingerprint density at radius 1 is 0.931 bits per heavy atom. The maximum absolute atomic E-state index is 12.6. The summed E-state index contributed by atoms with van der Waals surface area (Å²) in [6.45, 7) is 2.05. The number of thioether (sulfide) groups is 1. The predicted molar refractivity (Wildman–Crippen MR) is 118 cm³/mol. The summed E-state index contributed by atoms with van der Waals surface area (Å²) in [5, 5.41) is 9.90. The molecule has 0 saturated carbocycles. The molecule has 3 aromatic carbocycles. The molecule has 0 saturated heterocycles. The monoisotopic (exact) mass is 419 g/mol. The quantitative estimate of drug-likeness (QED) is 0.289. The van der Waals surface area contributed by atoms with Gasteiger partial charge in [-0.15, -0.1) is 10.2 Å². The van der Waals surface area contributed by atoms with Crippen molar-refractivity contribution in [2.75, 3.05) is 5.75 Å². The van der Waals surface area contributed by atoms with Crippen LogP contribution < -0.4 is 0 Å². The molecule has 1 heterocycles. The first-order chi connectivity index (χ1) is 14.1. The Kier molecular flexibility index (Phi) is 5.79. The van der Waals surface area contributed by atoms with Gasteiger partial charge in [0.05, 0.1) is 10.8 Å². The van der Waals surface area contributed by atoms with Gasteiger partial charge in [-0.25, -0.2) is 0 Å². The van der Waals surface area contributed by atoms with Gasteiger partial charge in [-0.05, 0) is 31.2 Å². The number of aryl methyl sites for hydroxylation is 1. The minimum absolute atomic E-state index is 0.0414. The molecule has 0 bridgehead atoms. The highest BCUT2D eigenvalue weighted by Gasteiger charge is 2.18. The molecule has 4 rings (SSSR count). The third kappa shape index (κ3) is 4.26. The normalized spacial score (nSPS) is 10.8. The van der Waals surface area contributed by atoms with Gasteiger partial charge >= 0.3 is 0 Å². The Bertz CT molecular complexity index is 1140. The minimum Gasteiger partial charge on any atom is -0.293 e. The summed E-state index contributed by atoms with van der Waals surface area (Å²) in [4.78, 5) is 12.6. The Labute approximate surface area is 178 Å². The van der Waals surface area contributed by atoms with Crippen molar-refractivity contribution in [3.05, 3.63) is 95.0 Å². The molecule has 0 aliphatic rings. The Morgan fingerprint density at radius 3 is 2.34 bits per heavy atom. The third-order valence-electron chi connectivity index (χ3n) is 4.46. The summed E-state index contributed by atoms with van der Waals surface area (Å²) in [5.74, 6) is 0.921. The Hall–Kier alpha value is -2.89. The van der Waals surface area contributed by atoms with E-state index < -0.39 is 0 Å². The molecular weight excluding hydrogens is 402 g/mol. The van der Waals surface area contributed by atoms with Crippen molar-refractivity contribution in [3.63, 3.8) is 0 Å². The van der Waals surface area contributed by atoms with Crippen molar-refractivity contribution in [2.45, 2.75) is 12.1 Å². The van der Waals surface area contributed by atoms with Crippen LogP contribution >= 0.6 is 23.4 Å². The molecule has 4 nitrogen and oxygen atoms in total. The Morgan fingerprint density at radius 2 is 1.62 bits per heavy atom. The number of aromatic nitrogens is 3. The Balaban J connectivity index is 1.68. The molecule has 0 aliphatic heterocycles. The number of halogens is 1. The summed E-state index contributed by atoms with van der Waals surface area (Å²) < 4.78 is 1.99. The summed E-state index contributed by atoms with van der Waals surface area (Å²) in [6.07, 6.45) is 0. The van der Waals surface area contributed by atoms with E-state index in [1.165, 1.54) is 17.3 Å². The summed E-state index contributed by atoms with van der Waals surface area (Å²) >= 11 is 7.52. The van der Waals surface area contributed by atoms with E-state index in [0.717, 1.165) is 17.1 Å². The molecule has 0 N–H and O–H groups in total. The molecular formula is C23H18ClN3OS. The third-order valence-corrected chi connectivity index (χ3v) is 5.72. The molecule has 144 valence electrons. The number of Topliss-reactive ketones (excluding diaryl/α,β-unsaturated/α-hetero) is 1. The van der Waals surface area contributed by atoms with Crippen LogP contribution in [0.5, 0.6) is 0 Å². The number of nitrogens with zero attached hydrogens (tertiary/aromatic N) is 3. The van der Waals surface area contributed by atoms with Crippen LogP contribution in [-0.4, -0.2) is 26.3 Å². The van der Waals surface area contributed by atoms with Crippen molar-refractivity contribution < 1.29 is 4.79 Å². The van der Waals surface area contributed by atoms with Gasteiger partial charge in [-0.3, -0.25) is 9.36 Å². The van der Waals surface area contributed by atoms with E-state index in [2.05, 4.69) is 10.2 Å². The number of benzene rings is 3. The highest BCUT2D eigenvalue weighted by atomic mass is 35.5. The molecule has 0 atom stereocenters. The predicted octanol–water partition coefficient (Wildman–Crippen LogP) is 5.87. The number of hydrogen-bond donors (Lipinski definition) is 0. The van der Waals surface area contributed by atoms with E-state index in [1.807, 2.05) is 78.2 Å². The van der Waals surface area contributed by atoms with Gasteiger partial charge in [0, 0.05) is 16.8 Å². The van der Waals surface area contributed by atoms with Crippen LogP contribution in [0.25, 0.3) is 17.1 Å². The fourth-order valence-corrected chi connectivity index (χ4v) is 4.04. The zero-order chi connectivity index (χ0) is 20.2. The second-order valence-electron chi connectivity index (χ2n) is 6.53. The van der Waals surface area contributed by atoms with Crippen LogP contribution in [-0.2, 0) is 0 Å². The van der Waals surface area contributed by atoms with Crippen molar-refractivity contribution in [3.8, 4) is 17.1 Å². The minimum atomic E-state index is -0.0414. The topological polar surface area (TPSA) is 47.8 Å². The van der Waals surface area contributed by atoms with E-state index in [1.54, 1.807) is 12.1 Å². The molecule has 6 heteroatoms. The summed E-state index contributed by atoms with van der Waals surface area (Å²) in [5.41, 5.74) is 3.61. The molecule has 0 amide bonds. The molecule has 0 spiro atoms. The first kappa shape index (κ1) is 19.4.